The van der Waals surface area contributed by atoms with Gasteiger partial charge in [0.05, 0.1) is 0 Å². The fourth-order valence-electron chi connectivity index (χ4n) is 1.74. The van der Waals surface area contributed by atoms with Gasteiger partial charge in [-0.05, 0) is 50.5 Å². The maximum atomic E-state index is 12.0. The van der Waals surface area contributed by atoms with Crippen molar-refractivity contribution in [3.8, 4) is 0 Å². The van der Waals surface area contributed by atoms with Crippen LogP contribution < -0.4 is 5.32 Å². The Hall–Kier alpha value is -0.710. The van der Waals surface area contributed by atoms with Crippen molar-refractivity contribution in [1.82, 2.24) is 0 Å². The summed E-state index contributed by atoms with van der Waals surface area (Å²) in [5.74, 6) is 0. The zero-order chi connectivity index (χ0) is 13.8. The monoisotopic (exact) mass is 323 g/mol. The van der Waals surface area contributed by atoms with Crippen molar-refractivity contribution in [3.05, 3.63) is 28.2 Å². The summed E-state index contributed by atoms with van der Waals surface area (Å²) in [6.45, 7) is 3.87. The van der Waals surface area contributed by atoms with E-state index < -0.39 is 12.6 Å². The molecule has 0 aliphatic heterocycles. The van der Waals surface area contributed by atoms with Crippen molar-refractivity contribution in [2.24, 2.45) is 0 Å². The van der Waals surface area contributed by atoms with Crippen LogP contribution in [0.4, 0.5) is 18.9 Å². The Kier molecular flexibility index (Phi) is 5.50. The number of anilines is 1. The third-order valence-corrected chi connectivity index (χ3v) is 3.18. The maximum Gasteiger partial charge on any atom is 0.389 e. The molecule has 0 bridgehead atoms. The lowest BCUT2D eigenvalue weighted by atomic mass is 10.1. The first-order chi connectivity index (χ1) is 8.28. The van der Waals surface area contributed by atoms with Crippen LogP contribution in [0.5, 0.6) is 0 Å². The van der Waals surface area contributed by atoms with E-state index in [1.54, 1.807) is 0 Å². The Morgan fingerprint density at radius 1 is 1.33 bits per heavy atom. The SMILES string of the molecule is Cc1cc(Br)ccc1NC(C)CCCC(F)(F)F. The largest absolute Gasteiger partial charge is 0.389 e. The first kappa shape index (κ1) is 15.3. The molecule has 0 saturated carbocycles. The summed E-state index contributed by atoms with van der Waals surface area (Å²) in [6.07, 6.45) is -4.09. The minimum absolute atomic E-state index is 0.0345. The van der Waals surface area contributed by atoms with Gasteiger partial charge in [0.15, 0.2) is 0 Å². The number of benzene rings is 1. The quantitative estimate of drug-likeness (QED) is 0.776. The van der Waals surface area contributed by atoms with Gasteiger partial charge < -0.3 is 5.32 Å². The molecule has 0 aromatic heterocycles. The molecule has 1 unspecified atom stereocenters. The molecule has 102 valence electrons. The van der Waals surface area contributed by atoms with Crippen LogP contribution in [-0.4, -0.2) is 12.2 Å². The number of hydrogen-bond donors (Lipinski definition) is 1. The van der Waals surface area contributed by atoms with Crippen molar-refractivity contribution in [1.29, 1.82) is 0 Å². The standard InChI is InChI=1S/C13H17BrF3N/c1-9-8-11(14)5-6-12(9)18-10(2)4-3-7-13(15,16)17/h5-6,8,10,18H,3-4,7H2,1-2H3. The summed E-state index contributed by atoms with van der Waals surface area (Å²) in [6, 6.07) is 5.86. The molecule has 1 nitrogen and oxygen atoms in total. The zero-order valence-corrected chi connectivity index (χ0v) is 12.0. The molecule has 18 heavy (non-hydrogen) atoms. The van der Waals surface area contributed by atoms with Crippen molar-refractivity contribution in [3.63, 3.8) is 0 Å². The highest BCUT2D eigenvalue weighted by molar-refractivity contribution is 9.10. The highest BCUT2D eigenvalue weighted by atomic mass is 79.9. The van der Waals surface area contributed by atoms with Crippen LogP contribution in [0.3, 0.4) is 0 Å². The Bertz CT molecular complexity index is 390. The van der Waals surface area contributed by atoms with E-state index in [0.29, 0.717) is 6.42 Å². The van der Waals surface area contributed by atoms with Crippen LogP contribution in [0.2, 0.25) is 0 Å². The Morgan fingerprint density at radius 3 is 2.56 bits per heavy atom. The normalized spacial score (nSPS) is 13.4. The van der Waals surface area contributed by atoms with Gasteiger partial charge in [0, 0.05) is 22.6 Å². The van der Waals surface area contributed by atoms with E-state index in [4.69, 9.17) is 0 Å². The first-order valence-corrected chi connectivity index (χ1v) is 6.66. The molecular weight excluding hydrogens is 307 g/mol. The number of hydrogen-bond acceptors (Lipinski definition) is 1. The molecule has 1 N–H and O–H groups in total. The predicted molar refractivity (Wildman–Crippen MR) is 71.9 cm³/mol. The van der Waals surface area contributed by atoms with Crippen LogP contribution in [0.15, 0.2) is 22.7 Å². The summed E-state index contributed by atoms with van der Waals surface area (Å²) >= 11 is 3.37. The topological polar surface area (TPSA) is 12.0 Å². The second-order valence-corrected chi connectivity index (χ2v) is 5.43. The van der Waals surface area contributed by atoms with Gasteiger partial charge in [0.25, 0.3) is 0 Å². The molecule has 0 aliphatic rings. The van der Waals surface area contributed by atoms with E-state index >= 15 is 0 Å². The molecule has 1 atom stereocenters. The first-order valence-electron chi connectivity index (χ1n) is 5.87. The van der Waals surface area contributed by atoms with Crippen LogP contribution in [0.1, 0.15) is 31.7 Å². The molecule has 0 saturated heterocycles. The van der Waals surface area contributed by atoms with Crippen molar-refractivity contribution >= 4 is 21.6 Å². The van der Waals surface area contributed by atoms with Gasteiger partial charge in [-0.1, -0.05) is 15.9 Å². The molecule has 0 spiro atoms. The molecule has 0 amide bonds. The lowest BCUT2D eigenvalue weighted by molar-refractivity contribution is -0.135. The van der Waals surface area contributed by atoms with Crippen molar-refractivity contribution in [2.45, 2.75) is 45.3 Å². The summed E-state index contributed by atoms with van der Waals surface area (Å²) in [5.41, 5.74) is 2.05. The number of rotatable bonds is 5. The van der Waals surface area contributed by atoms with E-state index in [0.717, 1.165) is 15.7 Å². The summed E-state index contributed by atoms with van der Waals surface area (Å²) < 4.78 is 37.0. The van der Waals surface area contributed by atoms with Gasteiger partial charge in [-0.3, -0.25) is 0 Å². The maximum absolute atomic E-state index is 12.0. The zero-order valence-electron chi connectivity index (χ0n) is 10.4. The van der Waals surface area contributed by atoms with E-state index in [1.165, 1.54) is 0 Å². The predicted octanol–water partition coefficient (Wildman–Crippen LogP) is 5.29. The second kappa shape index (κ2) is 6.45. The number of aryl methyl sites for hydroxylation is 1. The van der Waals surface area contributed by atoms with Crippen LogP contribution in [0, 0.1) is 6.92 Å². The average Bonchev–Trinajstić information content (AvgIpc) is 2.20. The molecule has 1 rings (SSSR count). The minimum Gasteiger partial charge on any atom is -0.382 e. The molecule has 0 radical (unpaired) electrons. The highest BCUT2D eigenvalue weighted by Crippen LogP contribution is 2.24. The van der Waals surface area contributed by atoms with Gasteiger partial charge in [0.2, 0.25) is 0 Å². The lowest BCUT2D eigenvalue weighted by Crippen LogP contribution is -2.17. The number of halogens is 4. The summed E-state index contributed by atoms with van der Waals surface area (Å²) in [7, 11) is 0. The van der Waals surface area contributed by atoms with Gasteiger partial charge in [-0.25, -0.2) is 0 Å². The fourth-order valence-corrected chi connectivity index (χ4v) is 2.21. The Balaban J connectivity index is 2.42. The third kappa shape index (κ3) is 5.76. The molecule has 0 aliphatic carbocycles. The average molecular weight is 324 g/mol. The molecule has 1 aromatic carbocycles. The molecule has 0 heterocycles. The summed E-state index contributed by atoms with van der Waals surface area (Å²) in [4.78, 5) is 0. The van der Waals surface area contributed by atoms with E-state index in [1.807, 2.05) is 32.0 Å². The smallest absolute Gasteiger partial charge is 0.382 e. The lowest BCUT2D eigenvalue weighted by Gasteiger charge is -2.17. The van der Waals surface area contributed by atoms with Gasteiger partial charge in [0.1, 0.15) is 0 Å². The van der Waals surface area contributed by atoms with Gasteiger partial charge in [-0.15, -0.1) is 0 Å². The van der Waals surface area contributed by atoms with E-state index in [9.17, 15) is 13.2 Å². The van der Waals surface area contributed by atoms with Crippen LogP contribution in [0.25, 0.3) is 0 Å². The summed E-state index contributed by atoms with van der Waals surface area (Å²) in [5, 5.41) is 3.24. The van der Waals surface area contributed by atoms with Crippen LogP contribution in [-0.2, 0) is 0 Å². The van der Waals surface area contributed by atoms with Gasteiger partial charge >= 0.3 is 6.18 Å². The minimum atomic E-state index is -4.05. The highest BCUT2D eigenvalue weighted by Gasteiger charge is 2.26. The number of nitrogens with one attached hydrogen (secondary N) is 1. The van der Waals surface area contributed by atoms with E-state index in [2.05, 4.69) is 21.2 Å². The second-order valence-electron chi connectivity index (χ2n) is 4.51. The van der Waals surface area contributed by atoms with Crippen molar-refractivity contribution < 1.29 is 13.2 Å². The van der Waals surface area contributed by atoms with Crippen molar-refractivity contribution in [2.75, 3.05) is 5.32 Å². The van der Waals surface area contributed by atoms with Crippen LogP contribution >= 0.6 is 15.9 Å². The molecule has 1 aromatic rings. The molecular formula is C13H17BrF3N. The Labute approximate surface area is 114 Å². The third-order valence-electron chi connectivity index (χ3n) is 2.69. The fraction of sp³-hybridized carbons (Fsp3) is 0.538. The number of alkyl halides is 3. The van der Waals surface area contributed by atoms with E-state index in [-0.39, 0.29) is 12.5 Å². The molecule has 5 heteroatoms. The molecule has 0 fully saturated rings. The Morgan fingerprint density at radius 2 is 2.00 bits per heavy atom. The van der Waals surface area contributed by atoms with Gasteiger partial charge in [-0.2, -0.15) is 13.2 Å².